The van der Waals surface area contributed by atoms with Crippen molar-refractivity contribution in [3.63, 3.8) is 0 Å². The number of carbonyl (C=O) groups excluding carboxylic acids is 2. The van der Waals surface area contributed by atoms with Crippen molar-refractivity contribution < 1.29 is 14.1 Å². The fourth-order valence-corrected chi connectivity index (χ4v) is 2.60. The summed E-state index contributed by atoms with van der Waals surface area (Å²) < 4.78 is 4.60. The predicted molar refractivity (Wildman–Crippen MR) is 98.4 cm³/mol. The molecule has 2 rings (SSSR count). The van der Waals surface area contributed by atoms with E-state index in [9.17, 15) is 9.59 Å². The van der Waals surface area contributed by atoms with Gasteiger partial charge in [-0.25, -0.2) is 4.79 Å². The van der Waals surface area contributed by atoms with Crippen LogP contribution in [0.2, 0.25) is 10.0 Å². The van der Waals surface area contributed by atoms with E-state index < -0.39 is 21.5 Å². The molecule has 11 heteroatoms. The number of aryl methyl sites for hydroxylation is 1. The number of imide groups is 1. The third-order valence-corrected chi connectivity index (χ3v) is 4.46. The topological polar surface area (TPSA) is 84.2 Å². The van der Waals surface area contributed by atoms with E-state index in [0.29, 0.717) is 15.6 Å². The molecule has 2 aromatic rings. The molecule has 3 amide bonds. The van der Waals surface area contributed by atoms with Gasteiger partial charge in [0.1, 0.15) is 20.9 Å². The van der Waals surface area contributed by atoms with E-state index >= 15 is 0 Å². The summed E-state index contributed by atoms with van der Waals surface area (Å²) in [5.41, 5.74) is 0.746. The van der Waals surface area contributed by atoms with Crippen LogP contribution in [0.5, 0.6) is 0 Å². The number of carbonyl (C=O) groups is 2. The van der Waals surface area contributed by atoms with Gasteiger partial charge in [-0.2, -0.15) is 0 Å². The first-order valence-corrected chi connectivity index (χ1v) is 8.35. The van der Waals surface area contributed by atoms with Crippen molar-refractivity contribution >= 4 is 75.6 Å². The molecule has 0 atom stereocenters. The van der Waals surface area contributed by atoms with Crippen LogP contribution in [0.25, 0.3) is 11.3 Å². The van der Waals surface area contributed by atoms with Gasteiger partial charge in [-0.05, 0) is 19.1 Å². The number of hydrogen-bond acceptors (Lipinski definition) is 4. The minimum atomic E-state index is -0.981. The first-order valence-electron chi connectivity index (χ1n) is 6.46. The average Bonchev–Trinajstić information content (AvgIpc) is 2.87. The SMILES string of the molecule is Cc1onc(-c2c(Cl)cccc2Cl)c1NC(=O)NC(=O)C(Cl)=C(Cl)Cl. The lowest BCUT2D eigenvalue weighted by Gasteiger charge is -2.09. The number of rotatable bonds is 3. The molecular formula is C14H8Cl5N3O3. The molecule has 2 N–H and O–H groups in total. The Bertz CT molecular complexity index is 854. The van der Waals surface area contributed by atoms with Gasteiger partial charge in [-0.3, -0.25) is 10.1 Å². The quantitative estimate of drug-likeness (QED) is 0.615. The summed E-state index contributed by atoms with van der Waals surface area (Å²) in [4.78, 5) is 23.7. The first-order chi connectivity index (χ1) is 11.7. The van der Waals surface area contributed by atoms with Gasteiger partial charge in [-0.15, -0.1) is 0 Å². The van der Waals surface area contributed by atoms with Crippen molar-refractivity contribution in [3.05, 3.63) is 43.5 Å². The van der Waals surface area contributed by atoms with Crippen LogP contribution in [0, 0.1) is 6.92 Å². The molecule has 0 radical (unpaired) electrons. The summed E-state index contributed by atoms with van der Waals surface area (Å²) in [6.45, 7) is 1.56. The van der Waals surface area contributed by atoms with Crippen LogP contribution in [-0.4, -0.2) is 17.1 Å². The van der Waals surface area contributed by atoms with E-state index in [0.717, 1.165) is 0 Å². The van der Waals surface area contributed by atoms with Crippen molar-refractivity contribution in [3.8, 4) is 11.3 Å². The molecule has 0 spiro atoms. The minimum Gasteiger partial charge on any atom is -0.359 e. The molecule has 0 fully saturated rings. The Morgan fingerprint density at radius 1 is 1.12 bits per heavy atom. The first kappa shape index (κ1) is 19.9. The molecule has 0 aliphatic heterocycles. The predicted octanol–water partition coefficient (Wildman–Crippen LogP) is 5.49. The van der Waals surface area contributed by atoms with Gasteiger partial charge >= 0.3 is 6.03 Å². The fourth-order valence-electron chi connectivity index (χ4n) is 1.80. The van der Waals surface area contributed by atoms with E-state index in [4.69, 9.17) is 62.5 Å². The van der Waals surface area contributed by atoms with Crippen LogP contribution in [0.4, 0.5) is 10.5 Å². The molecule has 132 valence electrons. The Morgan fingerprint density at radius 3 is 2.28 bits per heavy atom. The highest BCUT2D eigenvalue weighted by Crippen LogP contribution is 2.39. The number of anilines is 1. The zero-order valence-corrected chi connectivity index (χ0v) is 16.1. The zero-order valence-electron chi connectivity index (χ0n) is 12.3. The third kappa shape index (κ3) is 4.59. The van der Waals surface area contributed by atoms with Crippen molar-refractivity contribution in [2.75, 3.05) is 5.32 Å². The van der Waals surface area contributed by atoms with E-state index in [1.807, 2.05) is 5.32 Å². The highest BCUT2D eigenvalue weighted by atomic mass is 35.5. The summed E-state index contributed by atoms with van der Waals surface area (Å²) in [5, 5.41) is 8.31. The Balaban J connectivity index is 2.30. The Hall–Kier alpha value is -1.44. The smallest absolute Gasteiger partial charge is 0.326 e. The second kappa shape index (κ2) is 8.29. The van der Waals surface area contributed by atoms with E-state index in [1.54, 1.807) is 25.1 Å². The summed E-state index contributed by atoms with van der Waals surface area (Å²) in [6, 6.07) is 3.96. The molecule has 1 aromatic carbocycles. The number of nitrogens with one attached hydrogen (secondary N) is 2. The average molecular weight is 444 g/mol. The number of benzene rings is 1. The maximum absolute atomic E-state index is 12.0. The van der Waals surface area contributed by atoms with E-state index in [-0.39, 0.29) is 17.1 Å². The molecule has 0 aliphatic rings. The minimum absolute atomic E-state index is 0.178. The molecule has 0 saturated heterocycles. The van der Waals surface area contributed by atoms with Crippen LogP contribution >= 0.6 is 58.0 Å². The van der Waals surface area contributed by atoms with Gasteiger partial charge < -0.3 is 9.84 Å². The normalized spacial score (nSPS) is 10.3. The van der Waals surface area contributed by atoms with Crippen LogP contribution in [0.1, 0.15) is 5.76 Å². The Kier molecular flexibility index (Phi) is 6.59. The van der Waals surface area contributed by atoms with Gasteiger partial charge in [0.05, 0.1) is 10.0 Å². The van der Waals surface area contributed by atoms with Gasteiger partial charge in [0.25, 0.3) is 5.91 Å². The monoisotopic (exact) mass is 441 g/mol. The highest BCUT2D eigenvalue weighted by Gasteiger charge is 2.22. The largest absolute Gasteiger partial charge is 0.359 e. The number of aromatic nitrogens is 1. The van der Waals surface area contributed by atoms with Crippen molar-refractivity contribution in [1.29, 1.82) is 0 Å². The fraction of sp³-hybridized carbons (Fsp3) is 0.0714. The molecule has 25 heavy (non-hydrogen) atoms. The number of nitrogens with zero attached hydrogens (tertiary/aromatic N) is 1. The van der Waals surface area contributed by atoms with Gasteiger partial charge in [0.2, 0.25) is 0 Å². The number of urea groups is 1. The van der Waals surface area contributed by atoms with Crippen molar-refractivity contribution in [2.24, 2.45) is 0 Å². The van der Waals surface area contributed by atoms with Gasteiger partial charge in [0.15, 0.2) is 5.76 Å². The maximum Gasteiger partial charge on any atom is 0.326 e. The Morgan fingerprint density at radius 2 is 1.72 bits per heavy atom. The van der Waals surface area contributed by atoms with Crippen LogP contribution in [0.15, 0.2) is 32.2 Å². The number of halogens is 5. The standard InChI is InChI=1S/C14H8Cl5N3O3/c1-5-10(20-14(24)21-13(23)9(17)12(18)19)11(22-25-5)8-6(15)3-2-4-7(8)16/h2-4H,1H3,(H2,20,21,23,24). The maximum atomic E-state index is 12.0. The lowest BCUT2D eigenvalue weighted by molar-refractivity contribution is -0.115. The van der Waals surface area contributed by atoms with E-state index in [1.165, 1.54) is 0 Å². The molecule has 0 saturated carbocycles. The van der Waals surface area contributed by atoms with Crippen LogP contribution < -0.4 is 10.6 Å². The second-order valence-electron chi connectivity index (χ2n) is 4.54. The highest BCUT2D eigenvalue weighted by molar-refractivity contribution is 6.62. The molecule has 6 nitrogen and oxygen atoms in total. The molecule has 0 aliphatic carbocycles. The van der Waals surface area contributed by atoms with E-state index in [2.05, 4.69) is 10.5 Å². The number of amides is 3. The summed E-state index contributed by atoms with van der Waals surface area (Å²) in [6.07, 6.45) is 0. The lowest BCUT2D eigenvalue weighted by atomic mass is 10.1. The van der Waals surface area contributed by atoms with Crippen molar-refractivity contribution in [1.82, 2.24) is 10.5 Å². The summed E-state index contributed by atoms with van der Waals surface area (Å²) >= 11 is 28.6. The summed E-state index contributed by atoms with van der Waals surface area (Å²) in [7, 11) is 0. The molecule has 0 unspecified atom stereocenters. The van der Waals surface area contributed by atoms with Crippen LogP contribution in [-0.2, 0) is 4.79 Å². The molecule has 1 heterocycles. The Labute approximate surface area is 167 Å². The van der Waals surface area contributed by atoms with Crippen LogP contribution in [0.3, 0.4) is 0 Å². The molecule has 0 bridgehead atoms. The third-order valence-electron chi connectivity index (χ3n) is 2.89. The lowest BCUT2D eigenvalue weighted by Crippen LogP contribution is -2.34. The summed E-state index contributed by atoms with van der Waals surface area (Å²) in [5.74, 6) is -0.712. The van der Waals surface area contributed by atoms with Gasteiger partial charge in [-0.1, -0.05) is 69.2 Å². The van der Waals surface area contributed by atoms with Gasteiger partial charge in [0, 0.05) is 5.56 Å². The van der Waals surface area contributed by atoms with Crippen molar-refractivity contribution in [2.45, 2.75) is 6.92 Å². The molecular weight excluding hydrogens is 435 g/mol. The number of hydrogen-bond donors (Lipinski definition) is 2. The second-order valence-corrected chi connectivity index (χ2v) is 6.68. The zero-order chi connectivity index (χ0) is 18.7. The molecule has 1 aromatic heterocycles.